The number of fused-ring (bicyclic) bond motifs is 1. The highest BCUT2D eigenvalue weighted by Gasteiger charge is 2.22. The topological polar surface area (TPSA) is 68.8 Å². The molecule has 2 heterocycles. The summed E-state index contributed by atoms with van der Waals surface area (Å²) in [6.07, 6.45) is 4.06. The number of benzene rings is 1. The van der Waals surface area contributed by atoms with Crippen LogP contribution in [0.5, 0.6) is 5.75 Å². The molecule has 1 aromatic rings. The van der Waals surface area contributed by atoms with Gasteiger partial charge in [-0.3, -0.25) is 0 Å². The van der Waals surface area contributed by atoms with Crippen LogP contribution in [0.3, 0.4) is 0 Å². The van der Waals surface area contributed by atoms with Crippen LogP contribution in [-0.4, -0.2) is 45.1 Å². The first-order valence-electron chi connectivity index (χ1n) is 8.78. The van der Waals surface area contributed by atoms with E-state index in [-0.39, 0.29) is 18.2 Å². The molecule has 2 amide bonds. The first kappa shape index (κ1) is 17.0. The Balaban J connectivity index is 1.30. The van der Waals surface area contributed by atoms with Gasteiger partial charge >= 0.3 is 6.03 Å². The SMILES string of the molecule is O=C(NCCCOC[C@@H]1CCCO1)N[C@H]1CCOc2ccccc21. The summed E-state index contributed by atoms with van der Waals surface area (Å²) in [6, 6.07) is 7.70. The van der Waals surface area contributed by atoms with E-state index in [1.807, 2.05) is 24.3 Å². The monoisotopic (exact) mass is 334 g/mol. The van der Waals surface area contributed by atoms with Crippen LogP contribution in [0, 0.1) is 0 Å². The average Bonchev–Trinajstić information content (AvgIpc) is 3.12. The molecule has 0 saturated carbocycles. The van der Waals surface area contributed by atoms with Gasteiger partial charge < -0.3 is 24.8 Å². The third kappa shape index (κ3) is 4.85. The number of urea groups is 1. The normalized spacial score (nSPS) is 22.5. The van der Waals surface area contributed by atoms with Crippen LogP contribution in [0.4, 0.5) is 4.79 Å². The van der Waals surface area contributed by atoms with Crippen molar-refractivity contribution in [3.05, 3.63) is 29.8 Å². The van der Waals surface area contributed by atoms with E-state index in [2.05, 4.69) is 10.6 Å². The third-order valence-corrected chi connectivity index (χ3v) is 4.34. The van der Waals surface area contributed by atoms with Crippen LogP contribution in [0.25, 0.3) is 0 Å². The molecule has 6 heteroatoms. The molecule has 2 aliphatic rings. The van der Waals surface area contributed by atoms with E-state index < -0.39 is 0 Å². The fourth-order valence-corrected chi connectivity index (χ4v) is 3.07. The fourth-order valence-electron chi connectivity index (χ4n) is 3.07. The van der Waals surface area contributed by atoms with E-state index >= 15 is 0 Å². The molecular weight excluding hydrogens is 308 g/mol. The molecule has 6 nitrogen and oxygen atoms in total. The zero-order chi connectivity index (χ0) is 16.6. The van der Waals surface area contributed by atoms with Gasteiger partial charge in [0.1, 0.15) is 5.75 Å². The molecule has 1 saturated heterocycles. The predicted molar refractivity (Wildman–Crippen MR) is 90.2 cm³/mol. The number of rotatable bonds is 7. The van der Waals surface area contributed by atoms with Crippen LogP contribution >= 0.6 is 0 Å². The van der Waals surface area contributed by atoms with Gasteiger partial charge in [-0.15, -0.1) is 0 Å². The molecule has 0 unspecified atom stereocenters. The van der Waals surface area contributed by atoms with Gasteiger partial charge in [-0.1, -0.05) is 18.2 Å². The smallest absolute Gasteiger partial charge is 0.315 e. The predicted octanol–water partition coefficient (Wildman–Crippen LogP) is 2.40. The Bertz CT molecular complexity index is 532. The molecule has 2 atom stereocenters. The molecule has 0 spiro atoms. The van der Waals surface area contributed by atoms with Crippen molar-refractivity contribution in [1.29, 1.82) is 0 Å². The Labute approximate surface area is 142 Å². The van der Waals surface area contributed by atoms with Crippen LogP contribution in [0.15, 0.2) is 24.3 Å². The van der Waals surface area contributed by atoms with Crippen molar-refractivity contribution in [3.63, 3.8) is 0 Å². The molecule has 2 aliphatic heterocycles. The van der Waals surface area contributed by atoms with Gasteiger partial charge in [0.15, 0.2) is 0 Å². The number of ether oxygens (including phenoxy) is 3. The molecule has 0 aliphatic carbocycles. The highest BCUT2D eigenvalue weighted by molar-refractivity contribution is 5.74. The summed E-state index contributed by atoms with van der Waals surface area (Å²) in [4.78, 5) is 12.0. The maximum Gasteiger partial charge on any atom is 0.315 e. The van der Waals surface area contributed by atoms with E-state index in [4.69, 9.17) is 14.2 Å². The van der Waals surface area contributed by atoms with Crippen molar-refractivity contribution in [1.82, 2.24) is 10.6 Å². The number of carbonyl (C=O) groups is 1. The Hall–Kier alpha value is -1.79. The summed E-state index contributed by atoms with van der Waals surface area (Å²) >= 11 is 0. The summed E-state index contributed by atoms with van der Waals surface area (Å²) < 4.78 is 16.7. The first-order valence-corrected chi connectivity index (χ1v) is 8.78. The summed E-state index contributed by atoms with van der Waals surface area (Å²) in [5.74, 6) is 0.858. The standard InChI is InChI=1S/C18H26N2O4/c21-18(19-9-4-10-22-13-14-5-3-11-23-14)20-16-8-12-24-17-7-2-1-6-15(16)17/h1-2,6-7,14,16H,3-5,8-13H2,(H2,19,20,21)/t14-,16-/m0/s1. The van der Waals surface area contributed by atoms with Crippen molar-refractivity contribution in [3.8, 4) is 5.75 Å². The lowest BCUT2D eigenvalue weighted by Gasteiger charge is -2.26. The summed E-state index contributed by atoms with van der Waals surface area (Å²) in [5, 5.41) is 5.91. The minimum absolute atomic E-state index is 0.00529. The Morgan fingerprint density at radius 1 is 1.25 bits per heavy atom. The van der Waals surface area contributed by atoms with Crippen LogP contribution in [0.1, 0.15) is 37.3 Å². The molecule has 0 aromatic heterocycles. The quantitative estimate of drug-likeness (QED) is 0.751. The molecule has 132 valence electrons. The van der Waals surface area contributed by atoms with Crippen molar-refractivity contribution < 1.29 is 19.0 Å². The van der Waals surface area contributed by atoms with Gasteiger partial charge in [-0.05, 0) is 25.3 Å². The van der Waals surface area contributed by atoms with Gasteiger partial charge in [0.2, 0.25) is 0 Å². The Kier molecular flexibility index (Phi) is 6.32. The minimum atomic E-state index is -0.143. The van der Waals surface area contributed by atoms with Gasteiger partial charge in [0.25, 0.3) is 0 Å². The number of hydrogen-bond acceptors (Lipinski definition) is 4. The lowest BCUT2D eigenvalue weighted by Crippen LogP contribution is -2.40. The van der Waals surface area contributed by atoms with Crippen LogP contribution < -0.4 is 15.4 Å². The highest BCUT2D eigenvalue weighted by Crippen LogP contribution is 2.31. The average molecular weight is 334 g/mol. The van der Waals surface area contributed by atoms with Gasteiger partial charge in [0.05, 0.1) is 25.4 Å². The number of amides is 2. The van der Waals surface area contributed by atoms with Gasteiger partial charge in [-0.2, -0.15) is 0 Å². The molecule has 1 fully saturated rings. The summed E-state index contributed by atoms with van der Waals surface area (Å²) in [7, 11) is 0. The molecule has 1 aromatic carbocycles. The van der Waals surface area contributed by atoms with Gasteiger partial charge in [-0.25, -0.2) is 4.79 Å². The van der Waals surface area contributed by atoms with Gasteiger partial charge in [0, 0.05) is 31.7 Å². The molecule has 0 bridgehead atoms. The second-order valence-electron chi connectivity index (χ2n) is 6.19. The second-order valence-corrected chi connectivity index (χ2v) is 6.19. The van der Waals surface area contributed by atoms with E-state index in [1.165, 1.54) is 0 Å². The Morgan fingerprint density at radius 2 is 2.17 bits per heavy atom. The van der Waals surface area contributed by atoms with Crippen molar-refractivity contribution in [2.24, 2.45) is 0 Å². The molecule has 24 heavy (non-hydrogen) atoms. The van der Waals surface area contributed by atoms with Crippen molar-refractivity contribution >= 4 is 6.03 Å². The number of carbonyl (C=O) groups excluding carboxylic acids is 1. The largest absolute Gasteiger partial charge is 0.493 e. The number of hydrogen-bond donors (Lipinski definition) is 2. The maximum atomic E-state index is 12.0. The zero-order valence-corrected chi connectivity index (χ0v) is 14.0. The Morgan fingerprint density at radius 3 is 3.04 bits per heavy atom. The zero-order valence-electron chi connectivity index (χ0n) is 14.0. The fraction of sp³-hybridized carbons (Fsp3) is 0.611. The third-order valence-electron chi connectivity index (χ3n) is 4.34. The minimum Gasteiger partial charge on any atom is -0.493 e. The lowest BCUT2D eigenvalue weighted by atomic mass is 10.0. The van der Waals surface area contributed by atoms with E-state index in [0.29, 0.717) is 26.4 Å². The molecule has 3 rings (SSSR count). The van der Waals surface area contributed by atoms with Crippen molar-refractivity contribution in [2.45, 2.75) is 37.8 Å². The number of nitrogens with one attached hydrogen (secondary N) is 2. The first-order chi connectivity index (χ1) is 11.8. The van der Waals surface area contributed by atoms with Crippen LogP contribution in [-0.2, 0) is 9.47 Å². The summed E-state index contributed by atoms with van der Waals surface area (Å²) in [6.45, 7) is 3.37. The van der Waals surface area contributed by atoms with E-state index in [0.717, 1.165) is 43.6 Å². The highest BCUT2D eigenvalue weighted by atomic mass is 16.5. The maximum absolute atomic E-state index is 12.0. The second kappa shape index (κ2) is 8.89. The molecular formula is C18H26N2O4. The lowest BCUT2D eigenvalue weighted by molar-refractivity contribution is 0.0167. The van der Waals surface area contributed by atoms with E-state index in [9.17, 15) is 4.79 Å². The van der Waals surface area contributed by atoms with Crippen LogP contribution in [0.2, 0.25) is 0 Å². The number of para-hydroxylation sites is 1. The summed E-state index contributed by atoms with van der Waals surface area (Å²) in [5.41, 5.74) is 1.04. The molecule has 2 N–H and O–H groups in total. The molecule has 0 radical (unpaired) electrons. The van der Waals surface area contributed by atoms with E-state index in [1.54, 1.807) is 0 Å². The van der Waals surface area contributed by atoms with Crippen molar-refractivity contribution in [2.75, 3.05) is 33.0 Å².